The Labute approximate surface area is 102 Å². The summed E-state index contributed by atoms with van der Waals surface area (Å²) in [6, 6.07) is 4.50. The van der Waals surface area contributed by atoms with Crippen LogP contribution < -0.4 is 5.32 Å². The molecule has 0 saturated heterocycles. The zero-order chi connectivity index (χ0) is 12.0. The maximum Gasteiger partial charge on any atom is 0.250 e. The number of benzene rings is 1. The Balaban J connectivity index is 2.56. The van der Waals surface area contributed by atoms with Gasteiger partial charge in [0.1, 0.15) is 12.4 Å². The molecule has 0 aliphatic rings. The topological polar surface area (TPSA) is 38.3 Å². The Hall–Kier alpha value is -0.940. The first-order valence-electron chi connectivity index (χ1n) is 4.96. The molecule has 0 aliphatic carbocycles. The molecule has 16 heavy (non-hydrogen) atoms. The van der Waals surface area contributed by atoms with Crippen molar-refractivity contribution in [3.8, 4) is 0 Å². The Bertz CT molecular complexity index is 351. The van der Waals surface area contributed by atoms with Crippen molar-refractivity contribution in [1.29, 1.82) is 0 Å². The van der Waals surface area contributed by atoms with Crippen LogP contribution in [0.25, 0.3) is 0 Å². The van der Waals surface area contributed by atoms with Crippen LogP contribution in [0.5, 0.6) is 0 Å². The third kappa shape index (κ3) is 3.90. The molecule has 0 spiro atoms. The van der Waals surface area contributed by atoms with Gasteiger partial charge in [-0.15, -0.1) is 0 Å². The van der Waals surface area contributed by atoms with Gasteiger partial charge in [-0.1, -0.05) is 13.0 Å². The van der Waals surface area contributed by atoms with Crippen LogP contribution in [0.4, 0.5) is 10.1 Å². The number of ether oxygens (including phenoxy) is 1. The lowest BCUT2D eigenvalue weighted by Crippen LogP contribution is -2.19. The standard InChI is InChI=1S/C11H13BrFNO2/c1-2-6-16-7-10(15)14-11-8(12)4-3-5-9(11)13/h3-5H,2,6-7H2,1H3,(H,14,15). The van der Waals surface area contributed by atoms with Crippen molar-refractivity contribution in [2.75, 3.05) is 18.5 Å². The van der Waals surface area contributed by atoms with Crippen molar-refractivity contribution in [3.05, 3.63) is 28.5 Å². The van der Waals surface area contributed by atoms with Crippen LogP contribution in [0.1, 0.15) is 13.3 Å². The van der Waals surface area contributed by atoms with E-state index < -0.39 is 5.82 Å². The van der Waals surface area contributed by atoms with E-state index in [1.54, 1.807) is 12.1 Å². The van der Waals surface area contributed by atoms with Crippen molar-refractivity contribution in [2.24, 2.45) is 0 Å². The number of para-hydroxylation sites is 1. The SMILES string of the molecule is CCCOCC(=O)Nc1c(F)cccc1Br. The lowest BCUT2D eigenvalue weighted by Gasteiger charge is -2.08. The summed E-state index contributed by atoms with van der Waals surface area (Å²) in [5, 5.41) is 2.45. The number of rotatable bonds is 5. The summed E-state index contributed by atoms with van der Waals surface area (Å²) in [6.07, 6.45) is 0.844. The van der Waals surface area contributed by atoms with Gasteiger partial charge in [0.15, 0.2) is 0 Å². The van der Waals surface area contributed by atoms with E-state index >= 15 is 0 Å². The molecule has 0 aliphatic heterocycles. The molecular formula is C11H13BrFNO2. The van der Waals surface area contributed by atoms with Gasteiger partial charge < -0.3 is 10.1 Å². The van der Waals surface area contributed by atoms with Gasteiger partial charge in [-0.25, -0.2) is 4.39 Å². The summed E-state index contributed by atoms with van der Waals surface area (Å²) in [6.45, 7) is 2.41. The molecule has 1 aromatic rings. The first-order valence-corrected chi connectivity index (χ1v) is 5.76. The van der Waals surface area contributed by atoms with Gasteiger partial charge >= 0.3 is 0 Å². The zero-order valence-electron chi connectivity index (χ0n) is 8.93. The highest BCUT2D eigenvalue weighted by Gasteiger charge is 2.09. The molecule has 0 heterocycles. The zero-order valence-corrected chi connectivity index (χ0v) is 10.5. The summed E-state index contributed by atoms with van der Waals surface area (Å²) in [5.41, 5.74) is 0.146. The molecule has 0 saturated carbocycles. The van der Waals surface area contributed by atoms with E-state index in [2.05, 4.69) is 21.2 Å². The van der Waals surface area contributed by atoms with Gasteiger partial charge in [0.05, 0.1) is 5.69 Å². The van der Waals surface area contributed by atoms with E-state index in [1.165, 1.54) is 6.07 Å². The number of amides is 1. The van der Waals surface area contributed by atoms with Crippen molar-refractivity contribution in [3.63, 3.8) is 0 Å². The van der Waals surface area contributed by atoms with E-state index in [-0.39, 0.29) is 18.2 Å². The highest BCUT2D eigenvalue weighted by molar-refractivity contribution is 9.10. The molecule has 1 amide bonds. The van der Waals surface area contributed by atoms with Crippen LogP contribution in [0.3, 0.4) is 0 Å². The predicted molar refractivity (Wildman–Crippen MR) is 63.8 cm³/mol. The number of halogens is 2. The molecular weight excluding hydrogens is 277 g/mol. The third-order valence-electron chi connectivity index (χ3n) is 1.81. The Morgan fingerprint density at radius 2 is 2.31 bits per heavy atom. The Kier molecular flexibility index (Phi) is 5.42. The molecule has 1 aromatic carbocycles. The van der Waals surface area contributed by atoms with Crippen molar-refractivity contribution < 1.29 is 13.9 Å². The molecule has 88 valence electrons. The number of carbonyl (C=O) groups is 1. The molecule has 0 aromatic heterocycles. The minimum absolute atomic E-state index is 0.0609. The van der Waals surface area contributed by atoms with Crippen LogP contribution in [-0.4, -0.2) is 19.1 Å². The van der Waals surface area contributed by atoms with Gasteiger partial charge in [-0.3, -0.25) is 4.79 Å². The normalized spacial score (nSPS) is 10.2. The van der Waals surface area contributed by atoms with Gasteiger partial charge in [0.2, 0.25) is 5.91 Å². The maximum absolute atomic E-state index is 13.3. The molecule has 5 heteroatoms. The largest absolute Gasteiger partial charge is 0.372 e. The molecule has 0 atom stereocenters. The highest BCUT2D eigenvalue weighted by Crippen LogP contribution is 2.24. The maximum atomic E-state index is 13.3. The van der Waals surface area contributed by atoms with Crippen LogP contribution in [0, 0.1) is 5.82 Å². The second-order valence-electron chi connectivity index (χ2n) is 3.20. The average molecular weight is 290 g/mol. The van der Waals surface area contributed by atoms with Crippen LogP contribution in [0.15, 0.2) is 22.7 Å². The number of carbonyl (C=O) groups excluding carboxylic acids is 1. The molecule has 1 N–H and O–H groups in total. The summed E-state index contributed by atoms with van der Waals surface area (Å²) >= 11 is 3.16. The van der Waals surface area contributed by atoms with Crippen LogP contribution in [-0.2, 0) is 9.53 Å². The molecule has 0 fully saturated rings. The quantitative estimate of drug-likeness (QED) is 0.847. The van der Waals surface area contributed by atoms with Gasteiger partial charge in [-0.05, 0) is 34.5 Å². The van der Waals surface area contributed by atoms with E-state index in [1.807, 2.05) is 6.92 Å². The molecule has 3 nitrogen and oxygen atoms in total. The fourth-order valence-corrected chi connectivity index (χ4v) is 1.54. The van der Waals surface area contributed by atoms with E-state index in [0.29, 0.717) is 11.1 Å². The molecule has 0 radical (unpaired) electrons. The third-order valence-corrected chi connectivity index (χ3v) is 2.47. The minimum Gasteiger partial charge on any atom is -0.372 e. The monoisotopic (exact) mass is 289 g/mol. The number of hydrogen-bond donors (Lipinski definition) is 1. The smallest absolute Gasteiger partial charge is 0.250 e. The molecule has 1 rings (SSSR count). The average Bonchev–Trinajstić information content (AvgIpc) is 2.24. The van der Waals surface area contributed by atoms with Crippen LogP contribution in [0.2, 0.25) is 0 Å². The first-order chi connectivity index (χ1) is 7.65. The highest BCUT2D eigenvalue weighted by atomic mass is 79.9. The molecule has 0 unspecified atom stereocenters. The van der Waals surface area contributed by atoms with E-state index in [4.69, 9.17) is 4.74 Å². The van der Waals surface area contributed by atoms with Crippen molar-refractivity contribution in [1.82, 2.24) is 0 Å². The van der Waals surface area contributed by atoms with Gasteiger partial charge in [0.25, 0.3) is 0 Å². The Morgan fingerprint density at radius 1 is 1.56 bits per heavy atom. The summed E-state index contributed by atoms with van der Waals surface area (Å²) < 4.78 is 18.9. The lowest BCUT2D eigenvalue weighted by molar-refractivity contribution is -0.120. The van der Waals surface area contributed by atoms with Crippen molar-refractivity contribution >= 4 is 27.5 Å². The fourth-order valence-electron chi connectivity index (χ4n) is 1.10. The van der Waals surface area contributed by atoms with E-state index in [0.717, 1.165) is 6.42 Å². The lowest BCUT2D eigenvalue weighted by atomic mass is 10.3. The number of nitrogens with one attached hydrogen (secondary N) is 1. The summed E-state index contributed by atoms with van der Waals surface area (Å²) in [4.78, 5) is 11.4. The molecule has 0 bridgehead atoms. The van der Waals surface area contributed by atoms with Gasteiger partial charge in [0, 0.05) is 11.1 Å². The second kappa shape index (κ2) is 6.60. The second-order valence-corrected chi connectivity index (χ2v) is 4.05. The van der Waals surface area contributed by atoms with E-state index in [9.17, 15) is 9.18 Å². The van der Waals surface area contributed by atoms with Crippen LogP contribution >= 0.6 is 15.9 Å². The Morgan fingerprint density at radius 3 is 2.94 bits per heavy atom. The number of hydrogen-bond acceptors (Lipinski definition) is 2. The number of anilines is 1. The first kappa shape index (κ1) is 13.1. The summed E-state index contributed by atoms with van der Waals surface area (Å²) in [7, 11) is 0. The summed E-state index contributed by atoms with van der Waals surface area (Å²) in [5.74, 6) is -0.836. The minimum atomic E-state index is -0.474. The predicted octanol–water partition coefficient (Wildman–Crippen LogP) is 2.95. The van der Waals surface area contributed by atoms with Gasteiger partial charge in [-0.2, -0.15) is 0 Å². The fraction of sp³-hybridized carbons (Fsp3) is 0.364. The van der Waals surface area contributed by atoms with Crippen molar-refractivity contribution in [2.45, 2.75) is 13.3 Å².